The first kappa shape index (κ1) is 17.1. The number of nitrogens with one attached hydrogen (secondary N) is 1. The van der Waals surface area contributed by atoms with Crippen LogP contribution in [0.2, 0.25) is 10.0 Å². The molecule has 2 aromatic carbocycles. The van der Waals surface area contributed by atoms with E-state index in [4.69, 9.17) is 27.9 Å². The van der Waals surface area contributed by atoms with Crippen LogP contribution in [0.4, 0.5) is 11.4 Å². The summed E-state index contributed by atoms with van der Waals surface area (Å²) in [6.07, 6.45) is -0.882. The average Bonchev–Trinajstić information content (AvgIpc) is 2.51. The first-order valence-corrected chi connectivity index (χ1v) is 7.30. The van der Waals surface area contributed by atoms with Crippen LogP contribution in [0.3, 0.4) is 0 Å². The molecule has 23 heavy (non-hydrogen) atoms. The van der Waals surface area contributed by atoms with Crippen molar-refractivity contribution in [2.75, 3.05) is 5.32 Å². The summed E-state index contributed by atoms with van der Waals surface area (Å²) in [5, 5.41) is 14.1. The van der Waals surface area contributed by atoms with Gasteiger partial charge in [0.1, 0.15) is 11.4 Å². The van der Waals surface area contributed by atoms with E-state index in [-0.39, 0.29) is 11.4 Å². The average molecular weight is 355 g/mol. The second-order valence-corrected chi connectivity index (χ2v) is 5.41. The standard InChI is InChI=1S/C15H12Cl2N2O4/c1-9(23-10-6-7-11(16)12(17)8-10)15(20)18-13-4-2-3-5-14(13)19(21)22/h2-9H,1H3,(H,18,20)/t9-/m0/s1. The molecule has 120 valence electrons. The fraction of sp³-hybridized carbons (Fsp3) is 0.133. The summed E-state index contributed by atoms with van der Waals surface area (Å²) in [6.45, 7) is 1.52. The van der Waals surface area contributed by atoms with Gasteiger partial charge in [0.25, 0.3) is 11.6 Å². The molecule has 1 N–H and O–H groups in total. The highest BCUT2D eigenvalue weighted by atomic mass is 35.5. The van der Waals surface area contributed by atoms with Gasteiger partial charge < -0.3 is 10.1 Å². The van der Waals surface area contributed by atoms with Gasteiger partial charge in [-0.05, 0) is 25.1 Å². The van der Waals surface area contributed by atoms with Gasteiger partial charge in [-0.25, -0.2) is 0 Å². The number of anilines is 1. The number of carbonyl (C=O) groups is 1. The maximum atomic E-state index is 12.1. The Morgan fingerprint density at radius 1 is 1.22 bits per heavy atom. The van der Waals surface area contributed by atoms with Crippen molar-refractivity contribution in [1.82, 2.24) is 0 Å². The van der Waals surface area contributed by atoms with Crippen molar-refractivity contribution in [3.05, 3.63) is 62.6 Å². The summed E-state index contributed by atoms with van der Waals surface area (Å²) in [5.41, 5.74) is -0.0883. The third kappa shape index (κ3) is 4.34. The fourth-order valence-corrected chi connectivity index (χ4v) is 2.07. The number of nitro groups is 1. The van der Waals surface area contributed by atoms with Crippen LogP contribution in [0.1, 0.15) is 6.92 Å². The van der Waals surface area contributed by atoms with E-state index < -0.39 is 16.9 Å². The second kappa shape index (κ2) is 7.30. The van der Waals surface area contributed by atoms with Crippen LogP contribution < -0.4 is 10.1 Å². The molecule has 0 fully saturated rings. The van der Waals surface area contributed by atoms with E-state index in [2.05, 4.69) is 5.32 Å². The van der Waals surface area contributed by atoms with Gasteiger partial charge in [0, 0.05) is 12.1 Å². The molecule has 0 aromatic heterocycles. The van der Waals surface area contributed by atoms with E-state index in [1.807, 2.05) is 0 Å². The number of para-hydroxylation sites is 2. The Morgan fingerprint density at radius 3 is 2.57 bits per heavy atom. The van der Waals surface area contributed by atoms with E-state index in [0.717, 1.165) is 0 Å². The molecule has 8 heteroatoms. The van der Waals surface area contributed by atoms with Crippen LogP contribution in [-0.2, 0) is 4.79 Å². The first-order chi connectivity index (χ1) is 10.9. The number of hydrogen-bond donors (Lipinski definition) is 1. The molecular weight excluding hydrogens is 343 g/mol. The highest BCUT2D eigenvalue weighted by Gasteiger charge is 2.20. The topological polar surface area (TPSA) is 81.5 Å². The number of amides is 1. The van der Waals surface area contributed by atoms with Crippen LogP contribution >= 0.6 is 23.2 Å². The summed E-state index contributed by atoms with van der Waals surface area (Å²) < 4.78 is 5.46. The normalized spacial score (nSPS) is 11.6. The monoisotopic (exact) mass is 354 g/mol. The molecule has 1 atom stereocenters. The number of nitro benzene ring substituents is 1. The highest BCUT2D eigenvalue weighted by molar-refractivity contribution is 6.42. The van der Waals surface area contributed by atoms with Gasteiger partial charge in [-0.2, -0.15) is 0 Å². The molecule has 6 nitrogen and oxygen atoms in total. The molecule has 0 saturated carbocycles. The van der Waals surface area contributed by atoms with Gasteiger partial charge in [-0.15, -0.1) is 0 Å². The molecular formula is C15H12Cl2N2O4. The minimum absolute atomic E-state index is 0.104. The van der Waals surface area contributed by atoms with Gasteiger partial charge in [0.2, 0.25) is 0 Å². The molecule has 0 saturated heterocycles. The summed E-state index contributed by atoms with van der Waals surface area (Å²) in [6, 6.07) is 10.5. The van der Waals surface area contributed by atoms with Crippen LogP contribution in [0.15, 0.2) is 42.5 Å². The number of hydrogen-bond acceptors (Lipinski definition) is 4. The molecule has 0 aliphatic heterocycles. The van der Waals surface area contributed by atoms with E-state index >= 15 is 0 Å². The zero-order chi connectivity index (χ0) is 17.0. The molecule has 0 heterocycles. The number of nitrogens with zero attached hydrogens (tertiary/aromatic N) is 1. The van der Waals surface area contributed by atoms with E-state index in [1.54, 1.807) is 18.2 Å². The Bertz CT molecular complexity index is 752. The number of benzene rings is 2. The third-order valence-corrected chi connectivity index (χ3v) is 3.67. The van der Waals surface area contributed by atoms with Gasteiger partial charge in [-0.3, -0.25) is 14.9 Å². The minimum Gasteiger partial charge on any atom is -0.481 e. The van der Waals surface area contributed by atoms with Crippen molar-refractivity contribution in [3.63, 3.8) is 0 Å². The Labute approximate surface area is 142 Å². The quantitative estimate of drug-likeness (QED) is 0.640. The van der Waals surface area contributed by atoms with Crippen LogP contribution in [0, 0.1) is 10.1 Å². The number of ether oxygens (including phenoxy) is 1. The number of rotatable bonds is 5. The van der Waals surface area contributed by atoms with E-state index in [9.17, 15) is 14.9 Å². The predicted molar refractivity (Wildman–Crippen MR) is 88.3 cm³/mol. The van der Waals surface area contributed by atoms with Crippen molar-refractivity contribution >= 4 is 40.5 Å². The largest absolute Gasteiger partial charge is 0.481 e. The molecule has 2 rings (SSSR count). The SMILES string of the molecule is C[C@H](Oc1ccc(Cl)c(Cl)c1)C(=O)Nc1ccccc1[N+](=O)[O-]. The maximum Gasteiger partial charge on any atom is 0.292 e. The molecule has 2 aromatic rings. The lowest BCUT2D eigenvalue weighted by Gasteiger charge is -2.15. The Balaban J connectivity index is 2.08. The molecule has 0 bridgehead atoms. The van der Waals surface area contributed by atoms with Crippen molar-refractivity contribution in [2.45, 2.75) is 13.0 Å². The predicted octanol–water partition coefficient (Wildman–Crippen LogP) is 4.31. The lowest BCUT2D eigenvalue weighted by Crippen LogP contribution is -2.30. The van der Waals surface area contributed by atoms with Crippen LogP contribution in [0.5, 0.6) is 5.75 Å². The van der Waals surface area contributed by atoms with E-state index in [0.29, 0.717) is 15.8 Å². The Hall–Kier alpha value is -2.31. The van der Waals surface area contributed by atoms with Crippen molar-refractivity contribution in [2.24, 2.45) is 0 Å². The first-order valence-electron chi connectivity index (χ1n) is 6.54. The molecule has 0 unspecified atom stereocenters. The summed E-state index contributed by atoms with van der Waals surface area (Å²) in [4.78, 5) is 22.5. The van der Waals surface area contributed by atoms with Gasteiger partial charge in [0.15, 0.2) is 6.10 Å². The summed E-state index contributed by atoms with van der Waals surface area (Å²) >= 11 is 11.7. The molecule has 0 spiro atoms. The van der Waals surface area contributed by atoms with Gasteiger partial charge in [-0.1, -0.05) is 35.3 Å². The van der Waals surface area contributed by atoms with Crippen molar-refractivity contribution in [3.8, 4) is 5.75 Å². The Kier molecular flexibility index (Phi) is 5.41. The molecule has 0 radical (unpaired) electrons. The van der Waals surface area contributed by atoms with Crippen LogP contribution in [0.25, 0.3) is 0 Å². The molecule has 1 amide bonds. The van der Waals surface area contributed by atoms with Crippen LogP contribution in [-0.4, -0.2) is 16.9 Å². The zero-order valence-electron chi connectivity index (χ0n) is 12.0. The van der Waals surface area contributed by atoms with Gasteiger partial charge >= 0.3 is 0 Å². The number of halogens is 2. The third-order valence-electron chi connectivity index (χ3n) is 2.93. The molecule has 0 aliphatic rings. The zero-order valence-corrected chi connectivity index (χ0v) is 13.5. The van der Waals surface area contributed by atoms with E-state index in [1.165, 1.54) is 31.2 Å². The highest BCUT2D eigenvalue weighted by Crippen LogP contribution is 2.27. The lowest BCUT2D eigenvalue weighted by molar-refractivity contribution is -0.383. The Morgan fingerprint density at radius 2 is 1.91 bits per heavy atom. The minimum atomic E-state index is -0.882. The smallest absolute Gasteiger partial charge is 0.292 e. The van der Waals surface area contributed by atoms with Gasteiger partial charge in [0.05, 0.1) is 15.0 Å². The summed E-state index contributed by atoms with van der Waals surface area (Å²) in [5.74, 6) is -0.157. The molecule has 0 aliphatic carbocycles. The maximum absolute atomic E-state index is 12.1. The lowest BCUT2D eigenvalue weighted by atomic mass is 10.2. The van der Waals surface area contributed by atoms with Crippen molar-refractivity contribution in [1.29, 1.82) is 0 Å². The van der Waals surface area contributed by atoms with Crippen molar-refractivity contribution < 1.29 is 14.5 Å². The summed E-state index contributed by atoms with van der Waals surface area (Å²) in [7, 11) is 0. The fourth-order valence-electron chi connectivity index (χ4n) is 1.78. The number of carbonyl (C=O) groups excluding carboxylic acids is 1. The second-order valence-electron chi connectivity index (χ2n) is 4.60.